The van der Waals surface area contributed by atoms with Gasteiger partial charge in [0.25, 0.3) is 0 Å². The van der Waals surface area contributed by atoms with E-state index in [-0.39, 0.29) is 5.82 Å². The predicted octanol–water partition coefficient (Wildman–Crippen LogP) is 5.24. The van der Waals surface area contributed by atoms with E-state index < -0.39 is 0 Å². The quantitative estimate of drug-likeness (QED) is 0.296. The molecule has 5 aromatic heterocycles. The molecule has 0 bridgehead atoms. The Morgan fingerprint density at radius 3 is 2.59 bits per heavy atom. The van der Waals surface area contributed by atoms with E-state index in [1.807, 2.05) is 18.2 Å². The molecule has 0 radical (unpaired) electrons. The molecule has 2 N–H and O–H groups in total. The molecule has 0 unspecified atom stereocenters. The van der Waals surface area contributed by atoms with Crippen LogP contribution in [-0.4, -0.2) is 66.3 Å². The maximum absolute atomic E-state index is 14.7. The number of likely N-dealkylation sites (tertiary alicyclic amines) is 1. The highest BCUT2D eigenvalue weighted by Gasteiger charge is 2.17. The van der Waals surface area contributed by atoms with Gasteiger partial charge in [0.15, 0.2) is 5.65 Å². The Kier molecular flexibility index (Phi) is 5.93. The molecule has 1 aliphatic heterocycles. The van der Waals surface area contributed by atoms with Crippen molar-refractivity contribution in [3.8, 4) is 39.4 Å². The first-order valence-corrected chi connectivity index (χ1v) is 12.9. The van der Waals surface area contributed by atoms with E-state index in [2.05, 4.69) is 40.0 Å². The maximum Gasteiger partial charge on any atom is 0.155 e. The zero-order valence-electron chi connectivity index (χ0n) is 21.1. The number of aromatic amines is 2. The van der Waals surface area contributed by atoms with Crippen molar-refractivity contribution < 1.29 is 9.13 Å². The van der Waals surface area contributed by atoms with Gasteiger partial charge in [-0.15, -0.1) is 0 Å². The molecule has 6 heterocycles. The van der Waals surface area contributed by atoms with Crippen LogP contribution in [0.15, 0.2) is 67.6 Å². The molecule has 9 nitrogen and oxygen atoms in total. The molecule has 0 atom stereocenters. The minimum absolute atomic E-state index is 0.349. The van der Waals surface area contributed by atoms with Crippen LogP contribution in [0, 0.1) is 5.82 Å². The summed E-state index contributed by atoms with van der Waals surface area (Å²) in [6.07, 6.45) is 12.7. The molecule has 1 aromatic carbocycles. The highest BCUT2D eigenvalue weighted by molar-refractivity contribution is 6.00. The lowest BCUT2D eigenvalue weighted by Gasteiger charge is -2.15. The maximum atomic E-state index is 14.7. The van der Waals surface area contributed by atoms with Gasteiger partial charge in [0.2, 0.25) is 0 Å². The molecule has 1 saturated heterocycles. The standard InChI is InChI=1S/C29H25FN8O/c30-21-7-18(8-22(10-21)39-6-5-38-3-1-2-4-38)25-15-31-16-27-23(25)11-26(35-27)28-24-9-19(14-34-29(24)37-36-28)20-12-32-17-33-13-20/h7-17,35H,1-6H2,(H,34,36,37). The lowest BCUT2D eigenvalue weighted by atomic mass is 10.0. The summed E-state index contributed by atoms with van der Waals surface area (Å²) < 4.78 is 20.6. The third kappa shape index (κ3) is 4.59. The first-order valence-electron chi connectivity index (χ1n) is 12.9. The second kappa shape index (κ2) is 9.88. The van der Waals surface area contributed by atoms with Crippen LogP contribution < -0.4 is 4.74 Å². The molecule has 1 aliphatic rings. The molecule has 194 valence electrons. The van der Waals surface area contributed by atoms with Crippen molar-refractivity contribution in [3.63, 3.8) is 0 Å². The van der Waals surface area contributed by atoms with E-state index in [9.17, 15) is 4.39 Å². The zero-order chi connectivity index (χ0) is 26.2. The van der Waals surface area contributed by atoms with Crippen LogP contribution >= 0.6 is 0 Å². The van der Waals surface area contributed by atoms with Crippen molar-refractivity contribution in [2.45, 2.75) is 12.8 Å². The Balaban J connectivity index is 1.23. The summed E-state index contributed by atoms with van der Waals surface area (Å²) in [5.74, 6) is 0.164. The largest absolute Gasteiger partial charge is 0.492 e. The predicted molar refractivity (Wildman–Crippen MR) is 147 cm³/mol. The molecule has 10 heteroatoms. The number of pyridine rings is 2. The van der Waals surface area contributed by atoms with Gasteiger partial charge in [0.1, 0.15) is 30.2 Å². The van der Waals surface area contributed by atoms with E-state index in [0.717, 1.165) is 64.0 Å². The van der Waals surface area contributed by atoms with Crippen molar-refractivity contribution in [1.82, 2.24) is 40.0 Å². The Labute approximate surface area is 223 Å². The number of ether oxygens (including phenoxy) is 1. The normalized spacial score (nSPS) is 14.0. The summed E-state index contributed by atoms with van der Waals surface area (Å²) in [5.41, 5.74) is 6.28. The van der Waals surface area contributed by atoms with Crippen molar-refractivity contribution in [2.75, 3.05) is 26.2 Å². The van der Waals surface area contributed by atoms with Crippen molar-refractivity contribution in [1.29, 1.82) is 0 Å². The average Bonchev–Trinajstić information content (AvgIpc) is 3.72. The SMILES string of the molecule is Fc1cc(OCCN2CCCC2)cc(-c2cncc3[nH]c(-c4n[nH]c5ncc(-c6cncnc6)cc45)cc23)c1. The van der Waals surface area contributed by atoms with Crippen LogP contribution in [0.1, 0.15) is 12.8 Å². The molecule has 39 heavy (non-hydrogen) atoms. The monoisotopic (exact) mass is 520 g/mol. The van der Waals surface area contributed by atoms with Crippen LogP contribution in [0.3, 0.4) is 0 Å². The number of halogens is 1. The number of benzene rings is 1. The van der Waals surface area contributed by atoms with Crippen LogP contribution in [0.5, 0.6) is 5.75 Å². The highest BCUT2D eigenvalue weighted by Crippen LogP contribution is 2.35. The first kappa shape index (κ1) is 23.4. The van der Waals surface area contributed by atoms with Crippen LogP contribution in [0.2, 0.25) is 0 Å². The van der Waals surface area contributed by atoms with Crippen molar-refractivity contribution in [3.05, 3.63) is 73.5 Å². The molecule has 0 amide bonds. The molecule has 1 fully saturated rings. The van der Waals surface area contributed by atoms with E-state index in [0.29, 0.717) is 23.6 Å². The zero-order valence-corrected chi connectivity index (χ0v) is 21.1. The number of aromatic nitrogens is 7. The van der Waals surface area contributed by atoms with Crippen molar-refractivity contribution in [2.24, 2.45) is 0 Å². The van der Waals surface area contributed by atoms with Gasteiger partial charge in [-0.25, -0.2) is 19.3 Å². The molecular formula is C29H25FN8O. The van der Waals surface area contributed by atoms with Gasteiger partial charge in [-0.2, -0.15) is 5.10 Å². The van der Waals surface area contributed by atoms with Gasteiger partial charge in [-0.3, -0.25) is 15.0 Å². The van der Waals surface area contributed by atoms with Crippen LogP contribution in [-0.2, 0) is 0 Å². The first-order chi connectivity index (χ1) is 19.2. The number of nitrogens with one attached hydrogen (secondary N) is 2. The summed E-state index contributed by atoms with van der Waals surface area (Å²) in [6.45, 7) is 3.57. The number of H-pyrrole nitrogens is 2. The minimum Gasteiger partial charge on any atom is -0.492 e. The lowest BCUT2D eigenvalue weighted by molar-refractivity contribution is 0.237. The minimum atomic E-state index is -0.349. The van der Waals surface area contributed by atoms with Gasteiger partial charge >= 0.3 is 0 Å². The number of rotatable bonds is 7. The topological polar surface area (TPSA) is 108 Å². The van der Waals surface area contributed by atoms with Crippen LogP contribution in [0.4, 0.5) is 4.39 Å². The summed E-state index contributed by atoms with van der Waals surface area (Å²) in [6, 6.07) is 8.85. The molecule has 0 spiro atoms. The fourth-order valence-electron chi connectivity index (χ4n) is 5.22. The lowest BCUT2D eigenvalue weighted by Crippen LogP contribution is -2.25. The second-order valence-corrected chi connectivity index (χ2v) is 9.72. The summed E-state index contributed by atoms with van der Waals surface area (Å²) in [4.78, 5) is 23.0. The summed E-state index contributed by atoms with van der Waals surface area (Å²) in [5, 5.41) is 9.32. The second-order valence-electron chi connectivity index (χ2n) is 9.72. The summed E-state index contributed by atoms with van der Waals surface area (Å²) >= 11 is 0. The third-order valence-electron chi connectivity index (χ3n) is 7.17. The fourth-order valence-corrected chi connectivity index (χ4v) is 5.22. The van der Waals surface area contributed by atoms with Gasteiger partial charge in [0, 0.05) is 64.9 Å². The Morgan fingerprint density at radius 1 is 0.846 bits per heavy atom. The Hall–Kier alpha value is -4.70. The van der Waals surface area contributed by atoms with E-state index in [1.165, 1.54) is 31.3 Å². The smallest absolute Gasteiger partial charge is 0.155 e. The summed E-state index contributed by atoms with van der Waals surface area (Å²) in [7, 11) is 0. The van der Waals surface area contributed by atoms with Gasteiger partial charge in [-0.05, 0) is 55.8 Å². The molecule has 7 rings (SSSR count). The molecule has 0 aliphatic carbocycles. The third-order valence-corrected chi connectivity index (χ3v) is 7.17. The van der Waals surface area contributed by atoms with Gasteiger partial charge in [0.05, 0.1) is 17.4 Å². The fraction of sp³-hybridized carbons (Fsp3) is 0.207. The number of nitrogens with zero attached hydrogens (tertiary/aromatic N) is 6. The number of fused-ring (bicyclic) bond motifs is 2. The number of hydrogen-bond acceptors (Lipinski definition) is 7. The Morgan fingerprint density at radius 2 is 1.72 bits per heavy atom. The van der Waals surface area contributed by atoms with E-state index in [4.69, 9.17) is 4.74 Å². The molecular weight excluding hydrogens is 495 g/mol. The molecule has 0 saturated carbocycles. The highest BCUT2D eigenvalue weighted by atomic mass is 19.1. The van der Waals surface area contributed by atoms with Gasteiger partial charge < -0.3 is 9.72 Å². The molecule has 6 aromatic rings. The average molecular weight is 521 g/mol. The van der Waals surface area contributed by atoms with Gasteiger partial charge in [-0.1, -0.05) is 0 Å². The van der Waals surface area contributed by atoms with E-state index >= 15 is 0 Å². The Bertz CT molecular complexity index is 1780. The number of hydrogen-bond donors (Lipinski definition) is 2. The van der Waals surface area contributed by atoms with E-state index in [1.54, 1.807) is 31.0 Å². The van der Waals surface area contributed by atoms with Crippen LogP contribution in [0.25, 0.3) is 55.6 Å². The van der Waals surface area contributed by atoms with Crippen molar-refractivity contribution >= 4 is 21.9 Å².